The summed E-state index contributed by atoms with van der Waals surface area (Å²) in [6.07, 6.45) is 5.93. The van der Waals surface area contributed by atoms with Gasteiger partial charge in [-0.25, -0.2) is 0 Å². The SMILES string of the molecule is COCc1cccc(CNC(C)C2CC3CCC2C3)c1. The van der Waals surface area contributed by atoms with Crippen molar-refractivity contribution in [3.05, 3.63) is 35.4 Å². The van der Waals surface area contributed by atoms with Gasteiger partial charge in [0.1, 0.15) is 0 Å². The molecule has 1 N–H and O–H groups in total. The predicted octanol–water partition coefficient (Wildman–Crippen LogP) is 3.75. The summed E-state index contributed by atoms with van der Waals surface area (Å²) < 4.78 is 5.20. The molecular formula is C18H27NO. The van der Waals surface area contributed by atoms with Crippen LogP contribution in [0.15, 0.2) is 24.3 Å². The Labute approximate surface area is 122 Å². The van der Waals surface area contributed by atoms with Crippen LogP contribution < -0.4 is 5.32 Å². The van der Waals surface area contributed by atoms with E-state index in [1.54, 1.807) is 7.11 Å². The van der Waals surface area contributed by atoms with Gasteiger partial charge in [-0.3, -0.25) is 0 Å². The van der Waals surface area contributed by atoms with Crippen LogP contribution in [0.25, 0.3) is 0 Å². The van der Waals surface area contributed by atoms with E-state index in [2.05, 4.69) is 36.5 Å². The molecule has 1 aromatic rings. The first kappa shape index (κ1) is 14.1. The second-order valence-electron chi connectivity index (χ2n) is 6.76. The molecule has 0 radical (unpaired) electrons. The van der Waals surface area contributed by atoms with Crippen LogP contribution in [0.1, 0.15) is 43.7 Å². The largest absolute Gasteiger partial charge is 0.380 e. The first-order valence-corrected chi connectivity index (χ1v) is 8.06. The highest BCUT2D eigenvalue weighted by molar-refractivity contribution is 5.23. The van der Waals surface area contributed by atoms with E-state index in [1.165, 1.54) is 36.8 Å². The van der Waals surface area contributed by atoms with Gasteiger partial charge < -0.3 is 10.1 Å². The molecule has 4 unspecified atom stereocenters. The smallest absolute Gasteiger partial charge is 0.0713 e. The van der Waals surface area contributed by atoms with Crippen molar-refractivity contribution in [1.29, 1.82) is 0 Å². The minimum Gasteiger partial charge on any atom is -0.380 e. The number of nitrogens with one attached hydrogen (secondary N) is 1. The zero-order valence-electron chi connectivity index (χ0n) is 12.8. The number of rotatable bonds is 6. The highest BCUT2D eigenvalue weighted by atomic mass is 16.5. The van der Waals surface area contributed by atoms with Crippen molar-refractivity contribution in [2.45, 2.75) is 51.8 Å². The molecule has 2 saturated carbocycles. The van der Waals surface area contributed by atoms with Crippen LogP contribution in [0, 0.1) is 17.8 Å². The number of methoxy groups -OCH3 is 1. The Hall–Kier alpha value is -0.860. The number of hydrogen-bond acceptors (Lipinski definition) is 2. The molecular weight excluding hydrogens is 246 g/mol. The topological polar surface area (TPSA) is 21.3 Å². The van der Waals surface area contributed by atoms with Crippen molar-refractivity contribution in [2.75, 3.05) is 7.11 Å². The lowest BCUT2D eigenvalue weighted by Crippen LogP contribution is -2.35. The molecule has 2 fully saturated rings. The quantitative estimate of drug-likeness (QED) is 0.852. The summed E-state index contributed by atoms with van der Waals surface area (Å²) in [7, 11) is 1.75. The van der Waals surface area contributed by atoms with Crippen molar-refractivity contribution in [3.63, 3.8) is 0 Å². The first-order valence-electron chi connectivity index (χ1n) is 8.06. The van der Waals surface area contributed by atoms with E-state index in [9.17, 15) is 0 Å². The fraction of sp³-hybridized carbons (Fsp3) is 0.667. The molecule has 2 aliphatic rings. The van der Waals surface area contributed by atoms with Crippen LogP contribution in [-0.2, 0) is 17.9 Å². The fourth-order valence-corrected chi connectivity index (χ4v) is 4.33. The van der Waals surface area contributed by atoms with Gasteiger partial charge in [0, 0.05) is 19.7 Å². The Balaban J connectivity index is 1.52. The number of benzene rings is 1. The molecule has 0 amide bonds. The predicted molar refractivity (Wildman–Crippen MR) is 82.4 cm³/mol. The summed E-state index contributed by atoms with van der Waals surface area (Å²) in [4.78, 5) is 0. The third-order valence-electron chi connectivity index (χ3n) is 5.37. The lowest BCUT2D eigenvalue weighted by atomic mass is 9.84. The second-order valence-corrected chi connectivity index (χ2v) is 6.76. The lowest BCUT2D eigenvalue weighted by molar-refractivity contribution is 0.185. The van der Waals surface area contributed by atoms with Gasteiger partial charge in [0.2, 0.25) is 0 Å². The summed E-state index contributed by atoms with van der Waals surface area (Å²) in [5, 5.41) is 3.75. The maximum absolute atomic E-state index is 5.20. The zero-order chi connectivity index (χ0) is 13.9. The molecule has 2 aliphatic carbocycles. The van der Waals surface area contributed by atoms with Gasteiger partial charge >= 0.3 is 0 Å². The van der Waals surface area contributed by atoms with Crippen molar-refractivity contribution in [3.8, 4) is 0 Å². The summed E-state index contributed by atoms with van der Waals surface area (Å²) in [6.45, 7) is 4.06. The maximum Gasteiger partial charge on any atom is 0.0713 e. The van der Waals surface area contributed by atoms with Crippen LogP contribution >= 0.6 is 0 Å². The van der Waals surface area contributed by atoms with Gasteiger partial charge in [-0.05, 0) is 55.1 Å². The van der Waals surface area contributed by atoms with Crippen LogP contribution in [-0.4, -0.2) is 13.2 Å². The van der Waals surface area contributed by atoms with E-state index >= 15 is 0 Å². The molecule has 0 heterocycles. The minimum absolute atomic E-state index is 0.649. The van der Waals surface area contributed by atoms with Crippen LogP contribution in [0.2, 0.25) is 0 Å². The molecule has 2 bridgehead atoms. The third-order valence-corrected chi connectivity index (χ3v) is 5.37. The highest BCUT2D eigenvalue weighted by Crippen LogP contribution is 2.49. The Morgan fingerprint density at radius 3 is 2.80 bits per heavy atom. The Kier molecular flexibility index (Phi) is 4.42. The standard InChI is InChI=1S/C18H27NO/c1-13(18-10-14-6-7-17(18)9-14)19-11-15-4-3-5-16(8-15)12-20-2/h3-5,8,13-14,17-19H,6-7,9-12H2,1-2H3. The van der Waals surface area contributed by atoms with Crippen LogP contribution in [0.5, 0.6) is 0 Å². The molecule has 110 valence electrons. The molecule has 0 spiro atoms. The molecule has 0 aliphatic heterocycles. The molecule has 20 heavy (non-hydrogen) atoms. The Morgan fingerprint density at radius 2 is 2.10 bits per heavy atom. The van der Waals surface area contributed by atoms with Gasteiger partial charge in [-0.15, -0.1) is 0 Å². The monoisotopic (exact) mass is 273 g/mol. The third kappa shape index (κ3) is 3.07. The van der Waals surface area contributed by atoms with Gasteiger partial charge in [0.15, 0.2) is 0 Å². The summed E-state index contributed by atoms with van der Waals surface area (Å²) in [6, 6.07) is 9.38. The van der Waals surface area contributed by atoms with E-state index in [0.29, 0.717) is 12.6 Å². The maximum atomic E-state index is 5.20. The molecule has 1 aromatic carbocycles. The van der Waals surface area contributed by atoms with E-state index < -0.39 is 0 Å². The Bertz CT molecular complexity index is 445. The summed E-state index contributed by atoms with van der Waals surface area (Å²) in [5.74, 6) is 2.96. The first-order chi connectivity index (χ1) is 9.76. The molecule has 3 rings (SSSR count). The normalized spacial score (nSPS) is 29.8. The summed E-state index contributed by atoms with van der Waals surface area (Å²) >= 11 is 0. The van der Waals surface area contributed by atoms with Crippen molar-refractivity contribution >= 4 is 0 Å². The Morgan fingerprint density at radius 1 is 1.25 bits per heavy atom. The molecule has 2 heteroatoms. The van der Waals surface area contributed by atoms with E-state index in [1.807, 2.05) is 0 Å². The van der Waals surface area contributed by atoms with Gasteiger partial charge in [-0.2, -0.15) is 0 Å². The molecule has 2 nitrogen and oxygen atoms in total. The second kappa shape index (κ2) is 6.28. The number of ether oxygens (including phenoxy) is 1. The van der Waals surface area contributed by atoms with E-state index in [4.69, 9.17) is 4.74 Å². The van der Waals surface area contributed by atoms with E-state index in [-0.39, 0.29) is 0 Å². The zero-order valence-corrected chi connectivity index (χ0v) is 12.8. The summed E-state index contributed by atoms with van der Waals surface area (Å²) in [5.41, 5.74) is 2.63. The van der Waals surface area contributed by atoms with Crippen LogP contribution in [0.3, 0.4) is 0 Å². The van der Waals surface area contributed by atoms with Gasteiger partial charge in [-0.1, -0.05) is 30.7 Å². The molecule has 0 aromatic heterocycles. The van der Waals surface area contributed by atoms with Gasteiger partial charge in [0.05, 0.1) is 6.61 Å². The van der Waals surface area contributed by atoms with Crippen molar-refractivity contribution in [2.24, 2.45) is 17.8 Å². The lowest BCUT2D eigenvalue weighted by Gasteiger charge is -2.28. The van der Waals surface area contributed by atoms with Gasteiger partial charge in [0.25, 0.3) is 0 Å². The highest BCUT2D eigenvalue weighted by Gasteiger charge is 2.41. The minimum atomic E-state index is 0.649. The van der Waals surface area contributed by atoms with Crippen molar-refractivity contribution in [1.82, 2.24) is 5.32 Å². The average Bonchev–Trinajstić information content (AvgIpc) is 3.08. The number of fused-ring (bicyclic) bond motifs is 2. The van der Waals surface area contributed by atoms with Crippen LogP contribution in [0.4, 0.5) is 0 Å². The van der Waals surface area contributed by atoms with E-state index in [0.717, 1.165) is 24.3 Å². The molecule has 0 saturated heterocycles. The fourth-order valence-electron chi connectivity index (χ4n) is 4.33. The molecule has 4 atom stereocenters. The number of hydrogen-bond donors (Lipinski definition) is 1. The average molecular weight is 273 g/mol. The van der Waals surface area contributed by atoms with Crippen molar-refractivity contribution < 1.29 is 4.74 Å².